The minimum Gasteiger partial charge on any atom is -0.466 e. The van der Waals surface area contributed by atoms with Gasteiger partial charge >= 0.3 is 5.97 Å². The first-order valence-corrected chi connectivity index (χ1v) is 5.23. The third-order valence-electron chi connectivity index (χ3n) is 2.58. The van der Waals surface area contributed by atoms with Gasteiger partial charge in [-0.3, -0.25) is 4.79 Å². The van der Waals surface area contributed by atoms with E-state index in [9.17, 15) is 4.79 Å². The lowest BCUT2D eigenvalue weighted by Crippen LogP contribution is -2.36. The van der Waals surface area contributed by atoms with Crippen LogP contribution in [0, 0.1) is 5.92 Å². The highest BCUT2D eigenvalue weighted by atomic mass is 16.5. The van der Waals surface area contributed by atoms with Crippen molar-refractivity contribution in [2.75, 3.05) is 19.8 Å². The molecule has 0 unspecified atom stereocenters. The molecule has 1 fully saturated rings. The highest BCUT2D eigenvalue weighted by Crippen LogP contribution is 2.19. The van der Waals surface area contributed by atoms with Crippen molar-refractivity contribution in [3.05, 3.63) is 0 Å². The van der Waals surface area contributed by atoms with Crippen molar-refractivity contribution in [2.24, 2.45) is 11.7 Å². The van der Waals surface area contributed by atoms with Gasteiger partial charge in [0.05, 0.1) is 13.0 Å². The summed E-state index contributed by atoms with van der Waals surface area (Å²) in [5, 5.41) is 0. The third kappa shape index (κ3) is 3.64. The first-order chi connectivity index (χ1) is 6.74. The molecule has 4 heteroatoms. The van der Waals surface area contributed by atoms with Crippen molar-refractivity contribution < 1.29 is 14.3 Å². The summed E-state index contributed by atoms with van der Waals surface area (Å²) >= 11 is 0. The standard InChI is InChI=1S/C10H19NO3/c1-2-14-10(12)7-9(11)8-3-5-13-6-4-8/h8-9H,2-7,11H2,1H3/t9-/m0/s1. The van der Waals surface area contributed by atoms with E-state index in [0.717, 1.165) is 26.1 Å². The second-order valence-corrected chi connectivity index (χ2v) is 3.62. The molecule has 0 radical (unpaired) electrons. The van der Waals surface area contributed by atoms with Crippen LogP contribution in [0.5, 0.6) is 0 Å². The molecule has 1 heterocycles. The Morgan fingerprint density at radius 1 is 1.57 bits per heavy atom. The van der Waals surface area contributed by atoms with Crippen molar-refractivity contribution in [2.45, 2.75) is 32.2 Å². The molecule has 0 aliphatic carbocycles. The molecule has 0 aromatic carbocycles. The predicted molar refractivity (Wildman–Crippen MR) is 52.8 cm³/mol. The summed E-state index contributed by atoms with van der Waals surface area (Å²) < 4.78 is 10.1. The van der Waals surface area contributed by atoms with E-state index in [-0.39, 0.29) is 12.0 Å². The number of ether oxygens (including phenoxy) is 2. The van der Waals surface area contributed by atoms with Crippen LogP contribution in [0.4, 0.5) is 0 Å². The zero-order valence-corrected chi connectivity index (χ0v) is 8.70. The van der Waals surface area contributed by atoms with Gasteiger partial charge < -0.3 is 15.2 Å². The zero-order valence-electron chi connectivity index (χ0n) is 8.70. The van der Waals surface area contributed by atoms with Gasteiger partial charge in [0.15, 0.2) is 0 Å². The summed E-state index contributed by atoms with van der Waals surface area (Å²) in [6.45, 7) is 3.76. The van der Waals surface area contributed by atoms with Gasteiger partial charge in [-0.2, -0.15) is 0 Å². The molecule has 0 aromatic rings. The number of hydrogen-bond acceptors (Lipinski definition) is 4. The van der Waals surface area contributed by atoms with Crippen LogP contribution in [0.2, 0.25) is 0 Å². The lowest BCUT2D eigenvalue weighted by molar-refractivity contribution is -0.144. The fourth-order valence-corrected chi connectivity index (χ4v) is 1.72. The van der Waals surface area contributed by atoms with Crippen LogP contribution in [-0.2, 0) is 14.3 Å². The number of esters is 1. The highest BCUT2D eigenvalue weighted by Gasteiger charge is 2.23. The molecular weight excluding hydrogens is 182 g/mol. The Labute approximate surface area is 84.7 Å². The van der Waals surface area contributed by atoms with Crippen LogP contribution in [0.3, 0.4) is 0 Å². The molecule has 1 rings (SSSR count). The van der Waals surface area contributed by atoms with E-state index in [0.29, 0.717) is 18.9 Å². The number of nitrogens with two attached hydrogens (primary N) is 1. The quantitative estimate of drug-likeness (QED) is 0.680. The molecule has 0 saturated carbocycles. The van der Waals surface area contributed by atoms with E-state index in [1.165, 1.54) is 0 Å². The summed E-state index contributed by atoms with van der Waals surface area (Å²) in [5.74, 6) is 0.222. The fraction of sp³-hybridized carbons (Fsp3) is 0.900. The Balaban J connectivity index is 2.25. The average molecular weight is 201 g/mol. The monoisotopic (exact) mass is 201 g/mol. The summed E-state index contributed by atoms with van der Waals surface area (Å²) in [4.78, 5) is 11.2. The van der Waals surface area contributed by atoms with E-state index < -0.39 is 0 Å². The lowest BCUT2D eigenvalue weighted by Gasteiger charge is -2.26. The Morgan fingerprint density at radius 3 is 2.79 bits per heavy atom. The maximum Gasteiger partial charge on any atom is 0.307 e. The molecule has 0 bridgehead atoms. The second kappa shape index (κ2) is 5.98. The van der Waals surface area contributed by atoms with E-state index >= 15 is 0 Å². The van der Waals surface area contributed by atoms with Crippen molar-refractivity contribution >= 4 is 5.97 Å². The minimum atomic E-state index is -0.188. The maximum atomic E-state index is 11.2. The summed E-state index contributed by atoms with van der Waals surface area (Å²) in [5.41, 5.74) is 5.92. The molecule has 0 spiro atoms. The molecule has 1 aliphatic rings. The number of hydrogen-bond donors (Lipinski definition) is 1. The average Bonchev–Trinajstić information content (AvgIpc) is 2.19. The van der Waals surface area contributed by atoms with Crippen LogP contribution in [-0.4, -0.2) is 31.8 Å². The van der Waals surface area contributed by atoms with E-state index in [1.54, 1.807) is 6.92 Å². The van der Waals surface area contributed by atoms with E-state index in [2.05, 4.69) is 0 Å². The van der Waals surface area contributed by atoms with Gasteiger partial charge in [0, 0.05) is 19.3 Å². The molecule has 1 saturated heterocycles. The largest absolute Gasteiger partial charge is 0.466 e. The Bertz CT molecular complexity index is 178. The smallest absolute Gasteiger partial charge is 0.307 e. The van der Waals surface area contributed by atoms with Crippen LogP contribution < -0.4 is 5.73 Å². The minimum absolute atomic E-state index is 0.0713. The number of carbonyl (C=O) groups excluding carboxylic acids is 1. The molecule has 2 N–H and O–H groups in total. The van der Waals surface area contributed by atoms with Gasteiger partial charge in [0.1, 0.15) is 0 Å². The summed E-state index contributed by atoms with van der Waals surface area (Å²) in [7, 11) is 0. The Hall–Kier alpha value is -0.610. The SMILES string of the molecule is CCOC(=O)C[C@H](N)C1CCOCC1. The first-order valence-electron chi connectivity index (χ1n) is 5.23. The van der Waals surface area contributed by atoms with Gasteiger partial charge in [-0.25, -0.2) is 0 Å². The topological polar surface area (TPSA) is 61.5 Å². The van der Waals surface area contributed by atoms with Crippen LogP contribution >= 0.6 is 0 Å². The van der Waals surface area contributed by atoms with Crippen molar-refractivity contribution in [1.29, 1.82) is 0 Å². The van der Waals surface area contributed by atoms with E-state index in [1.807, 2.05) is 0 Å². The lowest BCUT2D eigenvalue weighted by atomic mass is 9.90. The van der Waals surface area contributed by atoms with Crippen LogP contribution in [0.25, 0.3) is 0 Å². The molecule has 4 nitrogen and oxygen atoms in total. The fourth-order valence-electron chi connectivity index (χ4n) is 1.72. The van der Waals surface area contributed by atoms with Gasteiger partial charge in [0.25, 0.3) is 0 Å². The molecule has 14 heavy (non-hydrogen) atoms. The highest BCUT2D eigenvalue weighted by molar-refractivity contribution is 5.70. The van der Waals surface area contributed by atoms with Crippen LogP contribution in [0.1, 0.15) is 26.2 Å². The van der Waals surface area contributed by atoms with Crippen molar-refractivity contribution in [3.8, 4) is 0 Å². The van der Waals surface area contributed by atoms with Crippen molar-refractivity contribution in [3.63, 3.8) is 0 Å². The number of rotatable bonds is 4. The molecule has 1 aliphatic heterocycles. The first kappa shape index (κ1) is 11.5. The molecule has 1 atom stereocenters. The van der Waals surface area contributed by atoms with Gasteiger partial charge in [0.2, 0.25) is 0 Å². The Kier molecular flexibility index (Phi) is 4.90. The Morgan fingerprint density at radius 2 is 2.21 bits per heavy atom. The van der Waals surface area contributed by atoms with Gasteiger partial charge in [-0.05, 0) is 25.7 Å². The predicted octanol–water partition coefficient (Wildman–Crippen LogP) is 0.694. The van der Waals surface area contributed by atoms with Crippen molar-refractivity contribution in [1.82, 2.24) is 0 Å². The second-order valence-electron chi connectivity index (χ2n) is 3.62. The maximum absolute atomic E-state index is 11.2. The zero-order chi connectivity index (χ0) is 10.4. The number of carbonyl (C=O) groups is 1. The summed E-state index contributed by atoms with van der Waals surface area (Å²) in [6, 6.07) is -0.0713. The normalized spacial score (nSPS) is 20.4. The molecule has 0 amide bonds. The molecular formula is C10H19NO3. The van der Waals surface area contributed by atoms with Crippen LogP contribution in [0.15, 0.2) is 0 Å². The van der Waals surface area contributed by atoms with E-state index in [4.69, 9.17) is 15.2 Å². The van der Waals surface area contributed by atoms with Gasteiger partial charge in [-0.1, -0.05) is 0 Å². The molecule has 0 aromatic heterocycles. The molecule has 82 valence electrons. The summed E-state index contributed by atoms with van der Waals surface area (Å²) in [6.07, 6.45) is 2.25. The van der Waals surface area contributed by atoms with Gasteiger partial charge in [-0.15, -0.1) is 0 Å². The third-order valence-corrected chi connectivity index (χ3v) is 2.58.